The van der Waals surface area contributed by atoms with Gasteiger partial charge in [-0.3, -0.25) is 9.35 Å². The van der Waals surface area contributed by atoms with Gasteiger partial charge in [-0.2, -0.15) is 8.42 Å². The largest absolute Gasteiger partial charge is 0.457 e. The SMILES string of the molecule is CCCCC/C=C\C/C=C\CCCCCCCCCCOCC(COC1OC(CO)C(O)C(OS(=O)(=O)O)C1O)OC(=O)CCCCCCCCCC/C=C\C/C=C\C/C=C\CCCCCCC. The lowest BCUT2D eigenvalue weighted by Crippen LogP contribution is -2.60. The second kappa shape index (κ2) is 45.9. The summed E-state index contributed by atoms with van der Waals surface area (Å²) in [6, 6.07) is 0. The number of rotatable bonds is 47. The Hall–Kier alpha value is -2.20. The van der Waals surface area contributed by atoms with Gasteiger partial charge in [0.25, 0.3) is 0 Å². The van der Waals surface area contributed by atoms with Crippen molar-refractivity contribution in [2.45, 2.75) is 256 Å². The van der Waals surface area contributed by atoms with E-state index in [-0.39, 0.29) is 19.6 Å². The molecule has 1 fully saturated rings. The molecule has 68 heavy (non-hydrogen) atoms. The maximum atomic E-state index is 12.9. The molecule has 0 aliphatic carbocycles. The molecule has 1 rings (SSSR count). The molecule has 0 amide bonds. The number of aliphatic hydroxyl groups excluding tert-OH is 3. The number of carbonyl (C=O) groups excluding carboxylic acids is 1. The summed E-state index contributed by atoms with van der Waals surface area (Å²) in [5.41, 5.74) is 0. The molecule has 6 unspecified atom stereocenters. The minimum atomic E-state index is -5.07. The molecule has 1 heterocycles. The molecule has 1 aliphatic heterocycles. The highest BCUT2D eigenvalue weighted by Gasteiger charge is 2.48. The smallest absolute Gasteiger partial charge is 0.397 e. The summed E-state index contributed by atoms with van der Waals surface area (Å²) >= 11 is 0. The van der Waals surface area contributed by atoms with Crippen molar-refractivity contribution < 1.29 is 56.2 Å². The van der Waals surface area contributed by atoms with Crippen LogP contribution in [0.25, 0.3) is 0 Å². The first kappa shape index (κ1) is 63.8. The summed E-state index contributed by atoms with van der Waals surface area (Å²) in [6.45, 7) is 3.95. The van der Waals surface area contributed by atoms with Gasteiger partial charge >= 0.3 is 16.4 Å². The van der Waals surface area contributed by atoms with Crippen molar-refractivity contribution in [3.05, 3.63) is 60.8 Å². The van der Waals surface area contributed by atoms with Crippen LogP contribution in [-0.4, -0.2) is 97.5 Å². The van der Waals surface area contributed by atoms with Crippen LogP contribution >= 0.6 is 0 Å². The second-order valence-corrected chi connectivity index (χ2v) is 19.5. The first-order valence-corrected chi connectivity index (χ1v) is 28.4. The van der Waals surface area contributed by atoms with Crippen LogP contribution in [0.5, 0.6) is 0 Å². The number of ether oxygens (including phenoxy) is 4. The van der Waals surface area contributed by atoms with Crippen LogP contribution in [0.3, 0.4) is 0 Å². The van der Waals surface area contributed by atoms with E-state index >= 15 is 0 Å². The van der Waals surface area contributed by atoms with E-state index in [0.29, 0.717) is 13.0 Å². The molecular weight excluding hydrogens is 885 g/mol. The first-order chi connectivity index (χ1) is 33.1. The summed E-state index contributed by atoms with van der Waals surface area (Å²) in [7, 11) is -5.07. The van der Waals surface area contributed by atoms with E-state index in [1.165, 1.54) is 122 Å². The van der Waals surface area contributed by atoms with Crippen molar-refractivity contribution in [2.75, 3.05) is 26.4 Å². The van der Waals surface area contributed by atoms with Gasteiger partial charge < -0.3 is 34.3 Å². The molecule has 396 valence electrons. The van der Waals surface area contributed by atoms with Crippen molar-refractivity contribution in [1.29, 1.82) is 0 Å². The number of aliphatic hydroxyl groups is 3. The summed E-state index contributed by atoms with van der Waals surface area (Å²) in [6.07, 6.45) is 49.6. The monoisotopic (exact) mass is 983 g/mol. The van der Waals surface area contributed by atoms with Gasteiger partial charge in [-0.25, -0.2) is 4.18 Å². The van der Waals surface area contributed by atoms with Gasteiger partial charge in [0.15, 0.2) is 6.29 Å². The Morgan fingerprint density at radius 3 is 1.44 bits per heavy atom. The zero-order chi connectivity index (χ0) is 49.6. The Morgan fingerprint density at radius 1 is 0.559 bits per heavy atom. The number of carbonyl (C=O) groups is 1. The lowest BCUT2D eigenvalue weighted by Gasteiger charge is -2.41. The quantitative estimate of drug-likeness (QED) is 0.0197. The number of esters is 1. The van der Waals surface area contributed by atoms with E-state index in [0.717, 1.165) is 70.6 Å². The highest BCUT2D eigenvalue weighted by molar-refractivity contribution is 7.80. The molecular formula is C55H98O12S. The fraction of sp³-hybridized carbons (Fsp3) is 0.800. The molecule has 0 aromatic rings. The molecule has 6 atom stereocenters. The predicted octanol–water partition coefficient (Wildman–Crippen LogP) is 12.9. The average Bonchev–Trinajstić information content (AvgIpc) is 3.31. The van der Waals surface area contributed by atoms with Gasteiger partial charge in [0.2, 0.25) is 0 Å². The molecule has 0 aromatic carbocycles. The molecule has 0 saturated carbocycles. The molecule has 0 aromatic heterocycles. The van der Waals surface area contributed by atoms with Crippen LogP contribution in [-0.2, 0) is 38.3 Å². The fourth-order valence-electron chi connectivity index (χ4n) is 8.00. The molecule has 0 bridgehead atoms. The molecule has 13 heteroatoms. The van der Waals surface area contributed by atoms with Gasteiger partial charge in [0, 0.05) is 13.0 Å². The Balaban J connectivity index is 2.35. The Labute approximate surface area is 414 Å². The van der Waals surface area contributed by atoms with E-state index in [2.05, 4.69) is 78.8 Å². The predicted molar refractivity (Wildman–Crippen MR) is 276 cm³/mol. The van der Waals surface area contributed by atoms with Crippen LogP contribution in [0.2, 0.25) is 0 Å². The Bertz CT molecular complexity index is 1410. The number of hydrogen-bond acceptors (Lipinski definition) is 11. The second-order valence-electron chi connectivity index (χ2n) is 18.5. The van der Waals surface area contributed by atoms with Crippen molar-refractivity contribution in [2.24, 2.45) is 0 Å². The highest BCUT2D eigenvalue weighted by Crippen LogP contribution is 2.26. The van der Waals surface area contributed by atoms with Gasteiger partial charge in [-0.05, 0) is 83.5 Å². The standard InChI is InChI=1S/C55H98O12S/c1-3-5-7-9-11-13-15-17-19-21-23-24-25-26-27-28-30-32-34-36-38-40-42-44-51(57)65-49(48-64-55-53(59)54(67-68(60,61)62)52(58)50(46-56)66-55)47-63-45-43-41-39-37-35-33-31-29-22-20-18-16-14-12-10-8-6-4-2/h12,14-15,17-18,20-21,23,25-26,49-50,52-56,58-59H,3-11,13,16,19,22,24,27-48H2,1-2H3,(H,60,61,62)/b14-12-,17-15-,20-18-,23-21-,26-25-. The minimum absolute atomic E-state index is 0.0271. The number of unbranched alkanes of at least 4 members (excludes halogenated alkanes) is 24. The van der Waals surface area contributed by atoms with Crippen molar-refractivity contribution >= 4 is 16.4 Å². The van der Waals surface area contributed by atoms with Gasteiger partial charge in [-0.15, -0.1) is 0 Å². The molecule has 1 saturated heterocycles. The third-order valence-corrected chi connectivity index (χ3v) is 12.6. The van der Waals surface area contributed by atoms with Gasteiger partial charge in [0.1, 0.15) is 30.5 Å². The maximum Gasteiger partial charge on any atom is 0.397 e. The zero-order valence-electron chi connectivity index (χ0n) is 42.7. The van der Waals surface area contributed by atoms with Crippen molar-refractivity contribution in [1.82, 2.24) is 0 Å². The summed E-state index contributed by atoms with van der Waals surface area (Å²) in [5.74, 6) is -0.409. The van der Waals surface area contributed by atoms with Crippen LogP contribution in [0.15, 0.2) is 60.8 Å². The lowest BCUT2D eigenvalue weighted by molar-refractivity contribution is -0.301. The van der Waals surface area contributed by atoms with Crippen LogP contribution in [0, 0.1) is 0 Å². The Kier molecular flexibility index (Phi) is 43.1. The van der Waals surface area contributed by atoms with E-state index in [1.54, 1.807) is 0 Å². The first-order valence-electron chi connectivity index (χ1n) is 27.0. The van der Waals surface area contributed by atoms with Gasteiger partial charge in [0.05, 0.1) is 19.8 Å². The third-order valence-electron chi connectivity index (χ3n) is 12.1. The summed E-state index contributed by atoms with van der Waals surface area (Å²) < 4.78 is 59.3. The van der Waals surface area contributed by atoms with Crippen molar-refractivity contribution in [3.8, 4) is 0 Å². The topological polar surface area (TPSA) is 178 Å². The molecule has 4 N–H and O–H groups in total. The average molecular weight is 983 g/mol. The van der Waals surface area contributed by atoms with E-state index in [9.17, 15) is 33.1 Å². The number of hydrogen-bond donors (Lipinski definition) is 4. The Morgan fingerprint density at radius 2 is 0.971 bits per heavy atom. The molecule has 0 radical (unpaired) electrons. The van der Waals surface area contributed by atoms with Gasteiger partial charge in [-0.1, -0.05) is 190 Å². The van der Waals surface area contributed by atoms with Crippen LogP contribution in [0.1, 0.15) is 219 Å². The number of allylic oxidation sites excluding steroid dienone is 10. The fourth-order valence-corrected chi connectivity index (χ4v) is 8.51. The summed E-state index contributed by atoms with van der Waals surface area (Å²) in [4.78, 5) is 12.9. The normalized spacial score (nSPS) is 19.8. The third kappa shape index (κ3) is 38.5. The highest BCUT2D eigenvalue weighted by atomic mass is 32.3. The van der Waals surface area contributed by atoms with E-state index in [1.807, 2.05) is 0 Å². The summed E-state index contributed by atoms with van der Waals surface area (Å²) in [5, 5.41) is 30.8. The lowest BCUT2D eigenvalue weighted by atomic mass is 9.99. The van der Waals surface area contributed by atoms with Crippen LogP contribution < -0.4 is 0 Å². The van der Waals surface area contributed by atoms with E-state index < -0.39 is 59.8 Å². The molecule has 0 spiro atoms. The molecule has 12 nitrogen and oxygen atoms in total. The van der Waals surface area contributed by atoms with Crippen LogP contribution in [0.4, 0.5) is 0 Å². The maximum absolute atomic E-state index is 12.9. The molecule has 1 aliphatic rings. The van der Waals surface area contributed by atoms with E-state index in [4.69, 9.17) is 18.9 Å². The minimum Gasteiger partial charge on any atom is -0.457 e. The van der Waals surface area contributed by atoms with Crippen molar-refractivity contribution in [3.63, 3.8) is 0 Å². The zero-order valence-corrected chi connectivity index (χ0v) is 43.5.